The van der Waals surface area contributed by atoms with Gasteiger partial charge in [0.15, 0.2) is 11.5 Å². The third kappa shape index (κ3) is 5.80. The fourth-order valence-electron chi connectivity index (χ4n) is 3.68. The summed E-state index contributed by atoms with van der Waals surface area (Å²) in [6.07, 6.45) is 1.44. The number of rotatable bonds is 7. The predicted molar refractivity (Wildman–Crippen MR) is 145 cm³/mol. The molecular formula is C29H22Cl2N2O3. The molecule has 180 valence electrons. The minimum Gasteiger partial charge on any atom is -0.493 e. The molecule has 1 amide bonds. The second-order valence-electron chi connectivity index (χ2n) is 8.09. The Hall–Kier alpha value is -3.98. The van der Waals surface area contributed by atoms with Crippen molar-refractivity contribution in [2.75, 3.05) is 12.4 Å². The van der Waals surface area contributed by atoms with Crippen molar-refractivity contribution in [3.63, 3.8) is 0 Å². The number of anilines is 1. The van der Waals surface area contributed by atoms with E-state index in [0.717, 1.165) is 21.9 Å². The zero-order chi connectivity index (χ0) is 25.7. The summed E-state index contributed by atoms with van der Waals surface area (Å²) < 4.78 is 11.5. The highest BCUT2D eigenvalue weighted by atomic mass is 35.5. The smallest absolute Gasteiger partial charge is 0.266 e. The molecule has 0 heterocycles. The maximum absolute atomic E-state index is 12.7. The van der Waals surface area contributed by atoms with Crippen LogP contribution in [0, 0.1) is 18.3 Å². The lowest BCUT2D eigenvalue weighted by Crippen LogP contribution is -2.14. The number of carbonyl (C=O) groups excluding carboxylic acids is 1. The van der Waals surface area contributed by atoms with Crippen LogP contribution in [0.2, 0.25) is 10.0 Å². The summed E-state index contributed by atoms with van der Waals surface area (Å²) in [6.45, 7) is 2.13. The molecule has 0 radical (unpaired) electrons. The van der Waals surface area contributed by atoms with E-state index in [1.807, 2.05) is 43.3 Å². The molecule has 4 aromatic carbocycles. The van der Waals surface area contributed by atoms with Crippen LogP contribution >= 0.6 is 23.2 Å². The summed E-state index contributed by atoms with van der Waals surface area (Å²) in [5.41, 5.74) is 2.75. The van der Waals surface area contributed by atoms with Crippen molar-refractivity contribution in [1.29, 1.82) is 5.26 Å². The summed E-state index contributed by atoms with van der Waals surface area (Å²) in [5, 5.41) is 15.4. The summed E-state index contributed by atoms with van der Waals surface area (Å²) in [4.78, 5) is 12.7. The number of halogens is 2. The minimum atomic E-state index is -0.561. The molecule has 4 rings (SSSR count). The van der Waals surface area contributed by atoms with Gasteiger partial charge in [0, 0.05) is 10.7 Å². The van der Waals surface area contributed by atoms with E-state index in [9.17, 15) is 10.1 Å². The molecule has 0 saturated carbocycles. The standard InChI is InChI=1S/C29H22Cl2N2O3/c1-18-7-10-24(30)15-26(18)33-29(34)23(16-32)12-20-13-25(31)28(27(14-20)35-2)36-17-19-8-9-21-5-3-4-6-22(21)11-19/h3-15H,17H2,1-2H3,(H,33,34)/b23-12+. The number of nitrogens with one attached hydrogen (secondary N) is 1. The Morgan fingerprint density at radius 3 is 2.56 bits per heavy atom. The summed E-state index contributed by atoms with van der Waals surface area (Å²) >= 11 is 12.5. The van der Waals surface area contributed by atoms with E-state index in [2.05, 4.69) is 17.4 Å². The molecule has 0 spiro atoms. The number of carbonyl (C=O) groups is 1. The van der Waals surface area contributed by atoms with Gasteiger partial charge in [0.2, 0.25) is 0 Å². The molecule has 1 N–H and O–H groups in total. The lowest BCUT2D eigenvalue weighted by atomic mass is 10.1. The summed E-state index contributed by atoms with van der Waals surface area (Å²) in [5.74, 6) is 0.203. The van der Waals surface area contributed by atoms with Crippen LogP contribution in [-0.4, -0.2) is 13.0 Å². The van der Waals surface area contributed by atoms with Gasteiger partial charge in [-0.15, -0.1) is 0 Å². The first-order valence-corrected chi connectivity index (χ1v) is 11.8. The van der Waals surface area contributed by atoms with Crippen LogP contribution in [0.25, 0.3) is 16.8 Å². The Morgan fingerprint density at radius 1 is 1.03 bits per heavy atom. The highest BCUT2D eigenvalue weighted by molar-refractivity contribution is 6.32. The van der Waals surface area contributed by atoms with Gasteiger partial charge in [-0.05, 0) is 70.8 Å². The van der Waals surface area contributed by atoms with Crippen LogP contribution in [0.4, 0.5) is 5.69 Å². The van der Waals surface area contributed by atoms with Crippen LogP contribution in [0.1, 0.15) is 16.7 Å². The normalized spacial score (nSPS) is 11.1. The van der Waals surface area contributed by atoms with Crippen LogP contribution in [0.5, 0.6) is 11.5 Å². The molecule has 7 heteroatoms. The predicted octanol–water partition coefficient (Wildman–Crippen LogP) is 7.59. The Bertz CT molecular complexity index is 1520. The molecule has 0 aliphatic carbocycles. The third-order valence-electron chi connectivity index (χ3n) is 5.57. The lowest BCUT2D eigenvalue weighted by Gasteiger charge is -2.14. The number of aryl methyl sites for hydroxylation is 1. The summed E-state index contributed by atoms with van der Waals surface area (Å²) in [6, 6.07) is 24.6. The maximum atomic E-state index is 12.7. The largest absolute Gasteiger partial charge is 0.493 e. The van der Waals surface area contributed by atoms with Crippen molar-refractivity contribution in [1.82, 2.24) is 0 Å². The van der Waals surface area contributed by atoms with Gasteiger partial charge in [0.05, 0.1) is 12.1 Å². The molecule has 0 saturated heterocycles. The van der Waals surface area contributed by atoms with Gasteiger partial charge in [0.1, 0.15) is 18.2 Å². The topological polar surface area (TPSA) is 71.3 Å². The Morgan fingerprint density at radius 2 is 1.81 bits per heavy atom. The van der Waals surface area contributed by atoms with Crippen molar-refractivity contribution < 1.29 is 14.3 Å². The number of hydrogen-bond donors (Lipinski definition) is 1. The first-order valence-electron chi connectivity index (χ1n) is 11.0. The fourth-order valence-corrected chi connectivity index (χ4v) is 4.13. The van der Waals surface area contributed by atoms with Gasteiger partial charge in [-0.25, -0.2) is 0 Å². The molecule has 0 fully saturated rings. The Labute approximate surface area is 219 Å². The number of nitriles is 1. The molecule has 36 heavy (non-hydrogen) atoms. The van der Waals surface area contributed by atoms with E-state index < -0.39 is 5.91 Å². The van der Waals surface area contributed by atoms with E-state index >= 15 is 0 Å². The number of ether oxygens (including phenoxy) is 2. The number of benzene rings is 4. The SMILES string of the molecule is COc1cc(/C=C(\C#N)C(=O)Nc2cc(Cl)ccc2C)cc(Cl)c1OCc1ccc2ccccc2c1. The fraction of sp³-hybridized carbons (Fsp3) is 0.103. The average Bonchev–Trinajstić information content (AvgIpc) is 2.88. The zero-order valence-electron chi connectivity index (χ0n) is 19.6. The van der Waals surface area contributed by atoms with E-state index in [-0.39, 0.29) is 5.57 Å². The lowest BCUT2D eigenvalue weighted by molar-refractivity contribution is -0.112. The second-order valence-corrected chi connectivity index (χ2v) is 8.93. The Kier molecular flexibility index (Phi) is 7.80. The quantitative estimate of drug-likeness (QED) is 0.203. The molecular weight excluding hydrogens is 495 g/mol. The molecule has 5 nitrogen and oxygen atoms in total. The third-order valence-corrected chi connectivity index (χ3v) is 6.09. The molecule has 0 aliphatic heterocycles. The number of hydrogen-bond acceptors (Lipinski definition) is 4. The van der Waals surface area contributed by atoms with Crippen LogP contribution in [0.15, 0.2) is 78.4 Å². The average molecular weight is 517 g/mol. The number of methoxy groups -OCH3 is 1. The molecule has 0 aliphatic rings. The van der Waals surface area contributed by atoms with E-state index in [1.165, 1.54) is 13.2 Å². The zero-order valence-corrected chi connectivity index (χ0v) is 21.2. The van der Waals surface area contributed by atoms with Crippen molar-refractivity contribution in [2.24, 2.45) is 0 Å². The van der Waals surface area contributed by atoms with E-state index in [1.54, 1.807) is 30.3 Å². The number of fused-ring (bicyclic) bond motifs is 1. The van der Waals surface area contributed by atoms with Crippen LogP contribution < -0.4 is 14.8 Å². The number of nitrogens with zero attached hydrogens (tertiary/aromatic N) is 1. The van der Waals surface area contributed by atoms with Gasteiger partial charge >= 0.3 is 0 Å². The monoisotopic (exact) mass is 516 g/mol. The summed E-state index contributed by atoms with van der Waals surface area (Å²) in [7, 11) is 1.50. The van der Waals surface area contributed by atoms with Crippen molar-refractivity contribution in [3.05, 3.63) is 105 Å². The molecule has 0 unspecified atom stereocenters. The minimum absolute atomic E-state index is 0.0997. The van der Waals surface area contributed by atoms with Gasteiger partial charge in [0.25, 0.3) is 5.91 Å². The molecule has 0 atom stereocenters. The van der Waals surface area contributed by atoms with Crippen molar-refractivity contribution in [3.8, 4) is 17.6 Å². The molecule has 0 aromatic heterocycles. The van der Waals surface area contributed by atoms with Gasteiger partial charge in [-0.3, -0.25) is 4.79 Å². The van der Waals surface area contributed by atoms with Gasteiger partial charge in [-0.2, -0.15) is 5.26 Å². The van der Waals surface area contributed by atoms with E-state index in [0.29, 0.717) is 39.4 Å². The second kappa shape index (κ2) is 11.2. The highest BCUT2D eigenvalue weighted by Crippen LogP contribution is 2.37. The highest BCUT2D eigenvalue weighted by Gasteiger charge is 2.15. The van der Waals surface area contributed by atoms with E-state index in [4.69, 9.17) is 32.7 Å². The number of amides is 1. The first kappa shape index (κ1) is 25.1. The van der Waals surface area contributed by atoms with Gasteiger partial charge in [-0.1, -0.05) is 65.7 Å². The van der Waals surface area contributed by atoms with Crippen molar-refractivity contribution in [2.45, 2.75) is 13.5 Å². The van der Waals surface area contributed by atoms with Crippen LogP contribution in [-0.2, 0) is 11.4 Å². The molecule has 0 bridgehead atoms. The van der Waals surface area contributed by atoms with Crippen LogP contribution in [0.3, 0.4) is 0 Å². The molecule has 4 aromatic rings. The van der Waals surface area contributed by atoms with Crippen molar-refractivity contribution >= 4 is 51.6 Å². The Balaban J connectivity index is 1.55. The van der Waals surface area contributed by atoms with Gasteiger partial charge < -0.3 is 14.8 Å². The maximum Gasteiger partial charge on any atom is 0.266 e. The first-order chi connectivity index (χ1) is 17.4.